The Balaban J connectivity index is 0.00000144. The zero-order valence-electron chi connectivity index (χ0n) is 8.90. The van der Waals surface area contributed by atoms with Gasteiger partial charge in [-0.25, -0.2) is 0 Å². The van der Waals surface area contributed by atoms with Crippen molar-refractivity contribution in [2.75, 3.05) is 0 Å². The van der Waals surface area contributed by atoms with Gasteiger partial charge < -0.3 is 4.74 Å². The number of hydrogen-bond acceptors (Lipinski definition) is 1. The summed E-state index contributed by atoms with van der Waals surface area (Å²) in [5, 5.41) is 0. The molecule has 0 fully saturated rings. The lowest BCUT2D eigenvalue weighted by molar-refractivity contribution is 0.306. The van der Waals surface area contributed by atoms with Gasteiger partial charge in [0.25, 0.3) is 0 Å². The second-order valence-electron chi connectivity index (χ2n) is 3.55. The highest BCUT2D eigenvalue weighted by Gasteiger charge is 1.95. The molecule has 2 aromatic rings. The molecule has 86 valence electrons. The van der Waals surface area contributed by atoms with Crippen LogP contribution in [0.15, 0.2) is 54.6 Å². The van der Waals surface area contributed by atoms with Crippen LogP contribution in [0.25, 0.3) is 0 Å². The van der Waals surface area contributed by atoms with Crippen molar-refractivity contribution in [1.29, 1.82) is 0 Å². The Bertz CT molecular complexity index is 428. The van der Waals surface area contributed by atoms with Gasteiger partial charge in [0.1, 0.15) is 12.4 Å². The molecule has 0 spiro atoms. The standard InChI is InChI=1S/C14H13ClO.Mg.2H/c15-10-12-6-8-14(9-7-12)16-11-13-4-2-1-3-5-13;;;/h1-9H,10-11H2;;;. The van der Waals surface area contributed by atoms with E-state index in [1.807, 2.05) is 54.6 Å². The topological polar surface area (TPSA) is 9.23 Å². The second kappa shape index (κ2) is 7.59. The third-order valence-corrected chi connectivity index (χ3v) is 2.63. The fourth-order valence-corrected chi connectivity index (χ4v) is 1.59. The van der Waals surface area contributed by atoms with Crippen LogP contribution in [0.3, 0.4) is 0 Å². The predicted molar refractivity (Wildman–Crippen MR) is 75.3 cm³/mol. The molecule has 0 radical (unpaired) electrons. The molecule has 0 bridgehead atoms. The third-order valence-electron chi connectivity index (χ3n) is 2.33. The third kappa shape index (κ3) is 4.58. The molecule has 2 rings (SSSR count). The Morgan fingerprint density at radius 2 is 1.47 bits per heavy atom. The van der Waals surface area contributed by atoms with E-state index in [2.05, 4.69) is 0 Å². The molecule has 0 atom stereocenters. The molecule has 0 N–H and O–H groups in total. The Morgan fingerprint density at radius 1 is 0.824 bits per heavy atom. The number of ether oxygens (including phenoxy) is 1. The molecule has 0 aliphatic heterocycles. The van der Waals surface area contributed by atoms with Gasteiger partial charge in [-0.2, -0.15) is 0 Å². The van der Waals surface area contributed by atoms with Crippen molar-refractivity contribution in [2.45, 2.75) is 12.5 Å². The maximum Gasteiger partial charge on any atom is 0.316 e. The van der Waals surface area contributed by atoms with Crippen molar-refractivity contribution >= 4 is 34.7 Å². The fraction of sp³-hybridized carbons (Fsp3) is 0.143. The zero-order chi connectivity index (χ0) is 11.2. The summed E-state index contributed by atoms with van der Waals surface area (Å²) in [6.45, 7) is 0.598. The lowest BCUT2D eigenvalue weighted by atomic mass is 10.2. The van der Waals surface area contributed by atoms with Crippen molar-refractivity contribution < 1.29 is 4.74 Å². The molecule has 17 heavy (non-hydrogen) atoms. The average Bonchev–Trinajstić information content (AvgIpc) is 2.38. The number of alkyl halides is 1. The second-order valence-corrected chi connectivity index (χ2v) is 3.82. The van der Waals surface area contributed by atoms with Gasteiger partial charge in [0.15, 0.2) is 0 Å². The minimum atomic E-state index is 0. The van der Waals surface area contributed by atoms with Crippen LogP contribution in [-0.2, 0) is 12.5 Å². The van der Waals surface area contributed by atoms with E-state index < -0.39 is 0 Å². The van der Waals surface area contributed by atoms with Gasteiger partial charge in [-0.3, -0.25) is 0 Å². The molecule has 1 nitrogen and oxygen atoms in total. The molecule has 0 aromatic heterocycles. The Labute approximate surface area is 123 Å². The van der Waals surface area contributed by atoms with Crippen molar-refractivity contribution in [3.05, 3.63) is 65.7 Å². The molecule has 0 heterocycles. The highest BCUT2D eigenvalue weighted by molar-refractivity contribution is 6.17. The maximum atomic E-state index is 5.71. The average molecular weight is 259 g/mol. The number of halogens is 1. The van der Waals surface area contributed by atoms with Crippen LogP contribution in [0.1, 0.15) is 11.1 Å². The molecule has 3 heteroatoms. The first-order chi connectivity index (χ1) is 7.88. The minimum absolute atomic E-state index is 0. The first-order valence-electron chi connectivity index (χ1n) is 5.20. The Hall–Kier alpha value is -0.704. The van der Waals surface area contributed by atoms with Crippen molar-refractivity contribution in [1.82, 2.24) is 0 Å². The summed E-state index contributed by atoms with van der Waals surface area (Å²) >= 11 is 5.71. The lowest BCUT2D eigenvalue weighted by Crippen LogP contribution is -1.94. The molecule has 0 saturated carbocycles. The van der Waals surface area contributed by atoms with E-state index in [1.165, 1.54) is 5.56 Å². The van der Waals surface area contributed by atoms with Gasteiger partial charge in [0.05, 0.1) is 0 Å². The van der Waals surface area contributed by atoms with Crippen LogP contribution in [0, 0.1) is 0 Å². The fourth-order valence-electron chi connectivity index (χ4n) is 1.42. The van der Waals surface area contributed by atoms with Gasteiger partial charge in [-0.15, -0.1) is 11.6 Å². The van der Waals surface area contributed by atoms with E-state index in [1.54, 1.807) is 0 Å². The van der Waals surface area contributed by atoms with Crippen molar-refractivity contribution in [3.63, 3.8) is 0 Å². The minimum Gasteiger partial charge on any atom is -0.489 e. The first-order valence-corrected chi connectivity index (χ1v) is 5.73. The summed E-state index contributed by atoms with van der Waals surface area (Å²) in [6, 6.07) is 18.0. The summed E-state index contributed by atoms with van der Waals surface area (Å²) in [5.41, 5.74) is 2.28. The normalized spacial score (nSPS) is 9.47. The highest BCUT2D eigenvalue weighted by atomic mass is 35.5. The molecule has 0 amide bonds. The van der Waals surface area contributed by atoms with Crippen LogP contribution in [-0.4, -0.2) is 23.1 Å². The molecule has 0 aliphatic carbocycles. The predicted octanol–water partition coefficient (Wildman–Crippen LogP) is 3.09. The SMILES string of the molecule is ClCc1ccc(OCc2ccccc2)cc1.[MgH2]. The van der Waals surface area contributed by atoms with Gasteiger partial charge in [0.2, 0.25) is 0 Å². The summed E-state index contributed by atoms with van der Waals surface area (Å²) in [7, 11) is 0. The van der Waals surface area contributed by atoms with Crippen LogP contribution in [0.2, 0.25) is 0 Å². The van der Waals surface area contributed by atoms with E-state index in [4.69, 9.17) is 16.3 Å². The van der Waals surface area contributed by atoms with Gasteiger partial charge >= 0.3 is 23.1 Å². The monoisotopic (exact) mass is 258 g/mol. The highest BCUT2D eigenvalue weighted by Crippen LogP contribution is 2.15. The largest absolute Gasteiger partial charge is 0.489 e. The van der Waals surface area contributed by atoms with Gasteiger partial charge in [-0.1, -0.05) is 42.5 Å². The lowest BCUT2D eigenvalue weighted by Gasteiger charge is -2.06. The van der Waals surface area contributed by atoms with E-state index >= 15 is 0 Å². The number of hydrogen-bond donors (Lipinski definition) is 0. The number of benzene rings is 2. The molecule has 0 aliphatic rings. The zero-order valence-corrected chi connectivity index (χ0v) is 9.65. The summed E-state index contributed by atoms with van der Waals surface area (Å²) < 4.78 is 5.65. The Morgan fingerprint density at radius 3 is 2.06 bits per heavy atom. The Kier molecular flexibility index (Phi) is 6.41. The van der Waals surface area contributed by atoms with E-state index in [-0.39, 0.29) is 23.1 Å². The van der Waals surface area contributed by atoms with E-state index in [9.17, 15) is 0 Å². The molecular weight excluding hydrogens is 244 g/mol. The number of rotatable bonds is 4. The van der Waals surface area contributed by atoms with Crippen molar-refractivity contribution in [2.24, 2.45) is 0 Å². The first kappa shape index (κ1) is 14.4. The van der Waals surface area contributed by atoms with E-state index in [0.717, 1.165) is 11.3 Å². The van der Waals surface area contributed by atoms with Crippen LogP contribution < -0.4 is 4.74 Å². The van der Waals surface area contributed by atoms with Crippen LogP contribution in [0.5, 0.6) is 5.75 Å². The van der Waals surface area contributed by atoms with Crippen molar-refractivity contribution in [3.8, 4) is 5.75 Å². The van der Waals surface area contributed by atoms with Gasteiger partial charge in [-0.05, 0) is 23.3 Å². The van der Waals surface area contributed by atoms with E-state index in [0.29, 0.717) is 12.5 Å². The molecule has 2 aromatic carbocycles. The quantitative estimate of drug-likeness (QED) is 0.605. The summed E-state index contributed by atoms with van der Waals surface area (Å²) in [4.78, 5) is 0. The van der Waals surface area contributed by atoms with Crippen LogP contribution >= 0.6 is 11.6 Å². The summed E-state index contributed by atoms with van der Waals surface area (Å²) in [6.07, 6.45) is 0. The van der Waals surface area contributed by atoms with Gasteiger partial charge in [0, 0.05) is 5.88 Å². The maximum absolute atomic E-state index is 5.71. The molecule has 0 saturated heterocycles. The molecule has 0 unspecified atom stereocenters. The summed E-state index contributed by atoms with van der Waals surface area (Å²) in [5.74, 6) is 1.41. The van der Waals surface area contributed by atoms with Crippen LogP contribution in [0.4, 0.5) is 0 Å². The molecular formula is C14H15ClMgO. The smallest absolute Gasteiger partial charge is 0.316 e.